The second-order valence-electron chi connectivity index (χ2n) is 5.17. The molecule has 2 aromatic rings. The van der Waals surface area contributed by atoms with E-state index in [1.807, 2.05) is 31.2 Å². The summed E-state index contributed by atoms with van der Waals surface area (Å²) in [6.07, 6.45) is 6.24. The molecule has 1 aromatic carbocycles. The maximum Gasteiger partial charge on any atom is 0.164 e. The highest BCUT2D eigenvalue weighted by atomic mass is 16.5. The Hall–Kier alpha value is -2.33. The van der Waals surface area contributed by atoms with Crippen molar-refractivity contribution >= 4 is 0 Å². The van der Waals surface area contributed by atoms with Crippen LogP contribution in [0.25, 0.3) is 0 Å². The van der Waals surface area contributed by atoms with Crippen molar-refractivity contribution in [2.24, 2.45) is 0 Å². The van der Waals surface area contributed by atoms with Crippen LogP contribution in [0.4, 0.5) is 0 Å². The van der Waals surface area contributed by atoms with Crippen molar-refractivity contribution in [3.8, 4) is 11.5 Å². The topological polar surface area (TPSA) is 43.4 Å². The number of ether oxygens (including phenoxy) is 2. The second kappa shape index (κ2) is 8.96. The van der Waals surface area contributed by atoms with Gasteiger partial charge in [-0.3, -0.25) is 4.98 Å². The third kappa shape index (κ3) is 4.83. The molecule has 23 heavy (non-hydrogen) atoms. The molecule has 0 aliphatic carbocycles. The monoisotopic (exact) mass is 312 g/mol. The van der Waals surface area contributed by atoms with E-state index >= 15 is 0 Å². The number of allylic oxidation sites excluding steroid dienone is 1. The molecule has 122 valence electrons. The van der Waals surface area contributed by atoms with Gasteiger partial charge in [0.15, 0.2) is 11.5 Å². The number of hydrogen-bond acceptors (Lipinski definition) is 4. The average molecular weight is 312 g/mol. The second-order valence-corrected chi connectivity index (χ2v) is 5.17. The summed E-state index contributed by atoms with van der Waals surface area (Å²) >= 11 is 0. The fourth-order valence-electron chi connectivity index (χ4n) is 2.44. The zero-order chi connectivity index (χ0) is 16.5. The number of benzene rings is 1. The van der Waals surface area contributed by atoms with Crippen LogP contribution in [0.1, 0.15) is 23.6 Å². The van der Waals surface area contributed by atoms with Crippen LogP contribution in [-0.4, -0.2) is 18.7 Å². The van der Waals surface area contributed by atoms with Gasteiger partial charge in [0.1, 0.15) is 0 Å². The van der Waals surface area contributed by atoms with Crippen molar-refractivity contribution < 1.29 is 9.47 Å². The molecule has 0 saturated heterocycles. The fourth-order valence-corrected chi connectivity index (χ4v) is 2.44. The van der Waals surface area contributed by atoms with Gasteiger partial charge in [-0.2, -0.15) is 0 Å². The molecular weight excluding hydrogens is 288 g/mol. The fraction of sp³-hybridized carbons (Fsp3) is 0.316. The smallest absolute Gasteiger partial charge is 0.164 e. The van der Waals surface area contributed by atoms with Gasteiger partial charge in [0.05, 0.1) is 13.7 Å². The van der Waals surface area contributed by atoms with Crippen LogP contribution >= 0.6 is 0 Å². The Morgan fingerprint density at radius 2 is 1.91 bits per heavy atom. The summed E-state index contributed by atoms with van der Waals surface area (Å²) in [6, 6.07) is 8.19. The van der Waals surface area contributed by atoms with E-state index in [0.29, 0.717) is 6.61 Å². The van der Waals surface area contributed by atoms with E-state index in [1.54, 1.807) is 19.5 Å². The molecular formula is C19H24N2O2. The van der Waals surface area contributed by atoms with Crippen molar-refractivity contribution in [3.05, 3.63) is 66.0 Å². The van der Waals surface area contributed by atoms with E-state index in [9.17, 15) is 0 Å². The Morgan fingerprint density at radius 3 is 2.57 bits per heavy atom. The molecule has 0 unspecified atom stereocenters. The lowest BCUT2D eigenvalue weighted by atomic mass is 10.1. The number of hydrogen-bond donors (Lipinski definition) is 1. The van der Waals surface area contributed by atoms with Gasteiger partial charge in [-0.05, 0) is 42.7 Å². The molecule has 0 bridgehead atoms. The Bertz CT molecular complexity index is 627. The van der Waals surface area contributed by atoms with Crippen molar-refractivity contribution in [2.75, 3.05) is 13.7 Å². The minimum Gasteiger partial charge on any atom is -0.493 e. The molecule has 0 spiro atoms. The van der Waals surface area contributed by atoms with Gasteiger partial charge in [0, 0.05) is 31.0 Å². The summed E-state index contributed by atoms with van der Waals surface area (Å²) in [5, 5.41) is 3.44. The molecule has 0 fully saturated rings. The largest absolute Gasteiger partial charge is 0.493 e. The molecule has 0 radical (unpaired) electrons. The third-order valence-corrected chi connectivity index (χ3v) is 3.47. The molecule has 0 atom stereocenters. The van der Waals surface area contributed by atoms with Crippen molar-refractivity contribution in [3.63, 3.8) is 0 Å². The zero-order valence-corrected chi connectivity index (χ0v) is 13.8. The Balaban J connectivity index is 2.11. The molecule has 0 aliphatic heterocycles. The predicted molar refractivity (Wildman–Crippen MR) is 92.8 cm³/mol. The van der Waals surface area contributed by atoms with E-state index in [-0.39, 0.29) is 0 Å². The number of pyridine rings is 1. The maximum absolute atomic E-state index is 5.74. The lowest BCUT2D eigenvalue weighted by Gasteiger charge is -2.16. The van der Waals surface area contributed by atoms with E-state index in [0.717, 1.165) is 42.1 Å². The first kappa shape index (κ1) is 17.0. The van der Waals surface area contributed by atoms with Gasteiger partial charge >= 0.3 is 0 Å². The molecule has 0 amide bonds. The lowest BCUT2D eigenvalue weighted by molar-refractivity contribution is 0.308. The number of aromatic nitrogens is 1. The van der Waals surface area contributed by atoms with Crippen LogP contribution in [0.2, 0.25) is 0 Å². The van der Waals surface area contributed by atoms with E-state index in [2.05, 4.69) is 22.9 Å². The van der Waals surface area contributed by atoms with Crippen LogP contribution in [0.15, 0.2) is 49.3 Å². The molecule has 1 N–H and O–H groups in total. The van der Waals surface area contributed by atoms with Gasteiger partial charge in [0.25, 0.3) is 0 Å². The highest BCUT2D eigenvalue weighted by Gasteiger charge is 2.12. The SMILES string of the molecule is C=CCc1cc(CNCc2ccncc2)cc(OC)c1OCC. The van der Waals surface area contributed by atoms with E-state index in [4.69, 9.17) is 9.47 Å². The maximum atomic E-state index is 5.74. The van der Waals surface area contributed by atoms with Crippen LogP contribution in [-0.2, 0) is 19.5 Å². The summed E-state index contributed by atoms with van der Waals surface area (Å²) in [6.45, 7) is 7.97. The lowest BCUT2D eigenvalue weighted by Crippen LogP contribution is -2.13. The van der Waals surface area contributed by atoms with Crippen molar-refractivity contribution in [2.45, 2.75) is 26.4 Å². The molecule has 4 heteroatoms. The summed E-state index contributed by atoms with van der Waals surface area (Å²) in [5.74, 6) is 1.58. The number of nitrogens with one attached hydrogen (secondary N) is 1. The van der Waals surface area contributed by atoms with Gasteiger partial charge < -0.3 is 14.8 Å². The third-order valence-electron chi connectivity index (χ3n) is 3.47. The average Bonchev–Trinajstić information content (AvgIpc) is 2.58. The predicted octanol–water partition coefficient (Wildman–Crippen LogP) is 3.51. The standard InChI is InChI=1S/C19H24N2O2/c1-4-6-17-11-16(12-18(22-3)19(17)23-5-2)14-21-13-15-7-9-20-10-8-15/h4,7-12,21H,1,5-6,13-14H2,2-3H3. The van der Waals surface area contributed by atoms with E-state index < -0.39 is 0 Å². The number of methoxy groups -OCH3 is 1. The van der Waals surface area contributed by atoms with Gasteiger partial charge in [-0.25, -0.2) is 0 Å². The number of nitrogens with zero attached hydrogens (tertiary/aromatic N) is 1. The Morgan fingerprint density at radius 1 is 1.17 bits per heavy atom. The van der Waals surface area contributed by atoms with Crippen LogP contribution < -0.4 is 14.8 Å². The first-order valence-electron chi connectivity index (χ1n) is 7.81. The normalized spacial score (nSPS) is 10.3. The first-order valence-corrected chi connectivity index (χ1v) is 7.81. The summed E-state index contributed by atoms with van der Waals surface area (Å²) in [4.78, 5) is 4.03. The summed E-state index contributed by atoms with van der Waals surface area (Å²) in [5.41, 5.74) is 3.47. The van der Waals surface area contributed by atoms with Crippen LogP contribution in [0.3, 0.4) is 0 Å². The Kier molecular flexibility index (Phi) is 6.63. The van der Waals surface area contributed by atoms with E-state index in [1.165, 1.54) is 5.56 Å². The molecule has 4 nitrogen and oxygen atoms in total. The number of rotatable bonds is 9. The van der Waals surface area contributed by atoms with Crippen LogP contribution in [0.5, 0.6) is 11.5 Å². The molecule has 1 heterocycles. The van der Waals surface area contributed by atoms with Gasteiger partial charge in [-0.15, -0.1) is 6.58 Å². The Labute approximate surface area is 138 Å². The minimum atomic E-state index is 0.611. The highest BCUT2D eigenvalue weighted by molar-refractivity contribution is 5.50. The molecule has 0 saturated carbocycles. The minimum absolute atomic E-state index is 0.611. The zero-order valence-electron chi connectivity index (χ0n) is 13.8. The van der Waals surface area contributed by atoms with Gasteiger partial charge in [0.2, 0.25) is 0 Å². The van der Waals surface area contributed by atoms with Crippen molar-refractivity contribution in [1.29, 1.82) is 0 Å². The van der Waals surface area contributed by atoms with Crippen LogP contribution in [0, 0.1) is 0 Å². The first-order chi connectivity index (χ1) is 11.3. The summed E-state index contributed by atoms with van der Waals surface area (Å²) in [7, 11) is 1.67. The van der Waals surface area contributed by atoms with Gasteiger partial charge in [-0.1, -0.05) is 12.1 Å². The molecule has 0 aliphatic rings. The molecule has 2 rings (SSSR count). The molecule has 1 aromatic heterocycles. The summed E-state index contributed by atoms with van der Waals surface area (Å²) < 4.78 is 11.2. The quantitative estimate of drug-likeness (QED) is 0.720. The van der Waals surface area contributed by atoms with Crippen molar-refractivity contribution in [1.82, 2.24) is 10.3 Å². The highest BCUT2D eigenvalue weighted by Crippen LogP contribution is 2.33.